The second kappa shape index (κ2) is 4.96. The average molecular weight is 259 g/mol. The van der Waals surface area contributed by atoms with E-state index in [0.29, 0.717) is 0 Å². The van der Waals surface area contributed by atoms with Crippen LogP contribution in [0.5, 0.6) is 5.75 Å². The minimum atomic E-state index is -4.83. The van der Waals surface area contributed by atoms with Crippen molar-refractivity contribution in [1.29, 1.82) is 5.26 Å². The number of carbonyl (C=O) groups excluding carboxylic acids is 1. The summed E-state index contributed by atoms with van der Waals surface area (Å²) in [5, 5.41) is 8.75. The number of nitrogens with zero attached hydrogens (tertiary/aromatic N) is 1. The quantitative estimate of drug-likeness (QED) is 0.765. The molecule has 0 aromatic heterocycles. The molecule has 0 atom stereocenters. The number of carbonyl (C=O) groups is 1. The summed E-state index contributed by atoms with van der Waals surface area (Å²) >= 11 is 0. The molecule has 0 spiro atoms. The first kappa shape index (κ1) is 13.8. The summed E-state index contributed by atoms with van der Waals surface area (Å²) in [5.41, 5.74) is -2.57. The first-order valence-electron chi connectivity index (χ1n) is 4.63. The standard InChI is InChI=1S/C11H8F3NO3/c1-17-7-4-3-6(5-15)8(10(16)18-2)9(7)11(12,13)14/h3-4H,1-2H3. The lowest BCUT2D eigenvalue weighted by atomic mass is 10.00. The fourth-order valence-electron chi connectivity index (χ4n) is 1.44. The van der Waals surface area contributed by atoms with Crippen LogP contribution in [0.15, 0.2) is 12.1 Å². The molecule has 0 radical (unpaired) electrons. The first-order chi connectivity index (χ1) is 8.36. The Hall–Kier alpha value is -2.23. The molecule has 0 aliphatic heterocycles. The summed E-state index contributed by atoms with van der Waals surface area (Å²) in [6, 6.07) is 3.57. The van der Waals surface area contributed by atoms with Crippen LogP contribution in [0.4, 0.5) is 13.2 Å². The number of esters is 1. The lowest BCUT2D eigenvalue weighted by Gasteiger charge is -2.16. The van der Waals surface area contributed by atoms with Gasteiger partial charge in [-0.05, 0) is 12.1 Å². The van der Waals surface area contributed by atoms with Gasteiger partial charge in [-0.1, -0.05) is 0 Å². The van der Waals surface area contributed by atoms with Crippen LogP contribution in [0.25, 0.3) is 0 Å². The van der Waals surface area contributed by atoms with E-state index in [2.05, 4.69) is 9.47 Å². The molecule has 0 bridgehead atoms. The number of hydrogen-bond donors (Lipinski definition) is 0. The van der Waals surface area contributed by atoms with Gasteiger partial charge in [-0.3, -0.25) is 0 Å². The fourth-order valence-corrected chi connectivity index (χ4v) is 1.44. The Morgan fingerprint density at radius 2 is 1.94 bits per heavy atom. The molecule has 0 amide bonds. The normalized spacial score (nSPS) is 10.7. The summed E-state index contributed by atoms with van der Waals surface area (Å²) < 4.78 is 47.6. The Bertz CT molecular complexity index is 517. The predicted molar refractivity (Wildman–Crippen MR) is 54.1 cm³/mol. The lowest BCUT2D eigenvalue weighted by Crippen LogP contribution is -2.17. The third-order valence-corrected chi connectivity index (χ3v) is 2.18. The molecule has 18 heavy (non-hydrogen) atoms. The van der Waals surface area contributed by atoms with Gasteiger partial charge in [-0.25, -0.2) is 4.79 Å². The number of hydrogen-bond acceptors (Lipinski definition) is 4. The van der Waals surface area contributed by atoms with Crippen LogP contribution in [-0.4, -0.2) is 20.2 Å². The fraction of sp³-hybridized carbons (Fsp3) is 0.273. The predicted octanol–water partition coefficient (Wildman–Crippen LogP) is 2.37. The molecule has 0 saturated carbocycles. The van der Waals surface area contributed by atoms with Crippen molar-refractivity contribution in [3.05, 3.63) is 28.8 Å². The zero-order valence-corrected chi connectivity index (χ0v) is 9.46. The van der Waals surface area contributed by atoms with Gasteiger partial charge in [0.2, 0.25) is 0 Å². The van der Waals surface area contributed by atoms with Crippen molar-refractivity contribution in [3.63, 3.8) is 0 Å². The molecule has 0 saturated heterocycles. The highest BCUT2D eigenvalue weighted by Gasteiger charge is 2.40. The third-order valence-electron chi connectivity index (χ3n) is 2.18. The summed E-state index contributed by atoms with van der Waals surface area (Å²) in [7, 11) is 1.97. The first-order valence-corrected chi connectivity index (χ1v) is 4.63. The van der Waals surface area contributed by atoms with E-state index in [1.165, 1.54) is 6.07 Å². The van der Waals surface area contributed by atoms with Crippen molar-refractivity contribution in [2.45, 2.75) is 6.18 Å². The monoisotopic (exact) mass is 259 g/mol. The van der Waals surface area contributed by atoms with Crippen LogP contribution in [0, 0.1) is 11.3 Å². The molecular weight excluding hydrogens is 251 g/mol. The molecule has 1 aromatic carbocycles. The maximum atomic E-state index is 12.9. The number of ether oxygens (including phenoxy) is 2. The molecule has 1 aromatic rings. The topological polar surface area (TPSA) is 59.3 Å². The summed E-state index contributed by atoms with van der Waals surface area (Å²) in [4.78, 5) is 11.4. The SMILES string of the molecule is COC(=O)c1c(C#N)ccc(OC)c1C(F)(F)F. The van der Waals surface area contributed by atoms with Crippen molar-refractivity contribution >= 4 is 5.97 Å². The third kappa shape index (κ3) is 2.37. The van der Waals surface area contributed by atoms with E-state index in [9.17, 15) is 18.0 Å². The van der Waals surface area contributed by atoms with Gasteiger partial charge >= 0.3 is 12.1 Å². The summed E-state index contributed by atoms with van der Waals surface area (Å²) in [6.45, 7) is 0. The molecular formula is C11H8F3NO3. The van der Waals surface area contributed by atoms with E-state index < -0.39 is 34.6 Å². The Morgan fingerprint density at radius 3 is 2.33 bits per heavy atom. The Morgan fingerprint density at radius 1 is 1.33 bits per heavy atom. The van der Waals surface area contributed by atoms with Gasteiger partial charge in [0.25, 0.3) is 0 Å². The number of alkyl halides is 3. The molecule has 0 N–H and O–H groups in total. The molecule has 0 heterocycles. The average Bonchev–Trinajstić information content (AvgIpc) is 2.34. The lowest BCUT2D eigenvalue weighted by molar-refractivity contribution is -0.139. The number of nitriles is 1. The van der Waals surface area contributed by atoms with Crippen molar-refractivity contribution in [3.8, 4) is 11.8 Å². The molecule has 4 nitrogen and oxygen atoms in total. The number of halogens is 3. The second-order valence-electron chi connectivity index (χ2n) is 3.17. The molecule has 0 unspecified atom stereocenters. The van der Waals surface area contributed by atoms with E-state index >= 15 is 0 Å². The number of rotatable bonds is 2. The van der Waals surface area contributed by atoms with Crippen LogP contribution in [0.1, 0.15) is 21.5 Å². The van der Waals surface area contributed by atoms with Gasteiger partial charge in [-0.15, -0.1) is 0 Å². The summed E-state index contributed by atoms with van der Waals surface area (Å²) in [6.07, 6.45) is -4.83. The maximum absolute atomic E-state index is 12.9. The van der Waals surface area contributed by atoms with Crippen LogP contribution in [-0.2, 0) is 10.9 Å². The van der Waals surface area contributed by atoms with E-state index in [1.807, 2.05) is 0 Å². The van der Waals surface area contributed by atoms with Crippen molar-refractivity contribution in [2.75, 3.05) is 14.2 Å². The molecule has 1 rings (SSSR count). The second-order valence-corrected chi connectivity index (χ2v) is 3.17. The summed E-state index contributed by atoms with van der Waals surface area (Å²) in [5.74, 6) is -1.78. The number of methoxy groups -OCH3 is 2. The van der Waals surface area contributed by atoms with E-state index in [1.54, 1.807) is 0 Å². The van der Waals surface area contributed by atoms with Crippen LogP contribution >= 0.6 is 0 Å². The minimum Gasteiger partial charge on any atom is -0.496 e. The molecule has 0 fully saturated rings. The van der Waals surface area contributed by atoms with Crippen molar-refractivity contribution in [2.24, 2.45) is 0 Å². The van der Waals surface area contributed by atoms with Crippen LogP contribution < -0.4 is 4.74 Å². The van der Waals surface area contributed by atoms with E-state index in [0.717, 1.165) is 26.4 Å². The Labute approximate surface area is 101 Å². The molecule has 0 aliphatic carbocycles. The van der Waals surface area contributed by atoms with Gasteiger partial charge in [0, 0.05) is 0 Å². The maximum Gasteiger partial charge on any atom is 0.420 e. The molecule has 7 heteroatoms. The Kier molecular flexibility index (Phi) is 3.81. The largest absolute Gasteiger partial charge is 0.496 e. The van der Waals surface area contributed by atoms with Crippen LogP contribution in [0.2, 0.25) is 0 Å². The van der Waals surface area contributed by atoms with E-state index in [4.69, 9.17) is 5.26 Å². The van der Waals surface area contributed by atoms with Gasteiger partial charge < -0.3 is 9.47 Å². The Balaban J connectivity index is 3.71. The van der Waals surface area contributed by atoms with Gasteiger partial charge in [-0.2, -0.15) is 18.4 Å². The van der Waals surface area contributed by atoms with Gasteiger partial charge in [0.05, 0.1) is 25.3 Å². The van der Waals surface area contributed by atoms with Gasteiger partial charge in [0.1, 0.15) is 17.4 Å². The van der Waals surface area contributed by atoms with Crippen LogP contribution in [0.3, 0.4) is 0 Å². The molecule has 0 aliphatic rings. The zero-order valence-electron chi connectivity index (χ0n) is 9.46. The highest BCUT2D eigenvalue weighted by atomic mass is 19.4. The number of benzene rings is 1. The smallest absolute Gasteiger partial charge is 0.420 e. The highest BCUT2D eigenvalue weighted by molar-refractivity contribution is 5.95. The van der Waals surface area contributed by atoms with E-state index in [-0.39, 0.29) is 0 Å². The minimum absolute atomic E-state index is 0.421. The zero-order chi connectivity index (χ0) is 13.9. The van der Waals surface area contributed by atoms with Crippen molar-refractivity contribution in [1.82, 2.24) is 0 Å². The van der Waals surface area contributed by atoms with Gasteiger partial charge in [0.15, 0.2) is 0 Å². The highest BCUT2D eigenvalue weighted by Crippen LogP contribution is 2.40. The molecule has 96 valence electrons. The van der Waals surface area contributed by atoms with Crippen molar-refractivity contribution < 1.29 is 27.4 Å².